The second-order valence-electron chi connectivity index (χ2n) is 4.85. The number of carboxylic acid groups (broad SMARTS) is 1. The SMILES string of the molecule is COc1cc(C=CC(=O)O)ccc1OCCC1CCCO1. The van der Waals surface area contributed by atoms with Gasteiger partial charge >= 0.3 is 5.97 Å². The van der Waals surface area contributed by atoms with Crippen LogP contribution in [0.15, 0.2) is 24.3 Å². The van der Waals surface area contributed by atoms with Crippen LogP contribution in [0.3, 0.4) is 0 Å². The summed E-state index contributed by atoms with van der Waals surface area (Å²) in [6.07, 6.45) is 5.99. The molecule has 0 aliphatic carbocycles. The molecule has 5 nitrogen and oxygen atoms in total. The number of hydrogen-bond donors (Lipinski definition) is 1. The van der Waals surface area contributed by atoms with Crippen molar-refractivity contribution in [3.63, 3.8) is 0 Å². The lowest BCUT2D eigenvalue weighted by atomic mass is 10.2. The van der Waals surface area contributed by atoms with E-state index in [4.69, 9.17) is 19.3 Å². The van der Waals surface area contributed by atoms with Crippen molar-refractivity contribution in [1.82, 2.24) is 0 Å². The van der Waals surface area contributed by atoms with Crippen LogP contribution in [0.25, 0.3) is 6.08 Å². The van der Waals surface area contributed by atoms with Crippen molar-refractivity contribution in [2.24, 2.45) is 0 Å². The topological polar surface area (TPSA) is 65.0 Å². The van der Waals surface area contributed by atoms with E-state index in [9.17, 15) is 4.79 Å². The van der Waals surface area contributed by atoms with Gasteiger partial charge in [-0.3, -0.25) is 0 Å². The normalized spacial score (nSPS) is 18.0. The largest absolute Gasteiger partial charge is 0.493 e. The zero-order valence-electron chi connectivity index (χ0n) is 12.1. The summed E-state index contributed by atoms with van der Waals surface area (Å²) in [5.74, 6) is 0.267. The Morgan fingerprint density at radius 1 is 1.48 bits per heavy atom. The van der Waals surface area contributed by atoms with Crippen molar-refractivity contribution in [2.75, 3.05) is 20.3 Å². The summed E-state index contributed by atoms with van der Waals surface area (Å²) in [5, 5.41) is 8.62. The Hall–Kier alpha value is -2.01. The number of rotatable bonds is 7. The first kappa shape index (κ1) is 15.4. The van der Waals surface area contributed by atoms with Crippen LogP contribution in [-0.2, 0) is 9.53 Å². The summed E-state index contributed by atoms with van der Waals surface area (Å²) in [6.45, 7) is 1.42. The van der Waals surface area contributed by atoms with Crippen LogP contribution in [0.4, 0.5) is 0 Å². The van der Waals surface area contributed by atoms with Crippen LogP contribution in [0.1, 0.15) is 24.8 Å². The third kappa shape index (κ3) is 4.79. The molecule has 1 heterocycles. The molecule has 114 valence electrons. The Kier molecular flexibility index (Phi) is 5.63. The fourth-order valence-corrected chi connectivity index (χ4v) is 2.25. The van der Waals surface area contributed by atoms with Gasteiger partial charge in [0.25, 0.3) is 0 Å². The molecule has 0 aromatic heterocycles. The molecule has 1 aliphatic rings. The predicted octanol–water partition coefficient (Wildman–Crippen LogP) is 2.74. The van der Waals surface area contributed by atoms with Gasteiger partial charge in [0.2, 0.25) is 0 Å². The number of carboxylic acids is 1. The number of carbonyl (C=O) groups is 1. The first-order valence-corrected chi connectivity index (χ1v) is 7.02. The minimum atomic E-state index is -0.981. The maximum Gasteiger partial charge on any atom is 0.328 e. The monoisotopic (exact) mass is 292 g/mol. The molecule has 0 spiro atoms. The fourth-order valence-electron chi connectivity index (χ4n) is 2.25. The molecule has 21 heavy (non-hydrogen) atoms. The lowest BCUT2D eigenvalue weighted by Gasteiger charge is -2.13. The minimum Gasteiger partial charge on any atom is -0.493 e. The number of benzene rings is 1. The Balaban J connectivity index is 1.93. The van der Waals surface area contributed by atoms with Gasteiger partial charge in [0, 0.05) is 19.1 Å². The summed E-state index contributed by atoms with van der Waals surface area (Å²) >= 11 is 0. The molecule has 1 saturated heterocycles. The van der Waals surface area contributed by atoms with E-state index in [0.29, 0.717) is 24.2 Å². The van der Waals surface area contributed by atoms with E-state index in [1.54, 1.807) is 25.3 Å². The fraction of sp³-hybridized carbons (Fsp3) is 0.438. The molecule has 1 aromatic carbocycles. The smallest absolute Gasteiger partial charge is 0.328 e. The molecule has 1 N–H and O–H groups in total. The number of aliphatic carboxylic acids is 1. The van der Waals surface area contributed by atoms with Crippen LogP contribution in [-0.4, -0.2) is 37.5 Å². The van der Waals surface area contributed by atoms with Crippen molar-refractivity contribution in [3.8, 4) is 11.5 Å². The van der Waals surface area contributed by atoms with Gasteiger partial charge in [0.1, 0.15) is 0 Å². The van der Waals surface area contributed by atoms with Gasteiger partial charge in [-0.05, 0) is 36.6 Å². The van der Waals surface area contributed by atoms with Crippen molar-refractivity contribution in [1.29, 1.82) is 0 Å². The van der Waals surface area contributed by atoms with Crippen molar-refractivity contribution in [2.45, 2.75) is 25.4 Å². The summed E-state index contributed by atoms with van der Waals surface area (Å²) in [5.41, 5.74) is 0.751. The first-order valence-electron chi connectivity index (χ1n) is 7.02. The van der Waals surface area contributed by atoms with Gasteiger partial charge in [0.05, 0.1) is 19.8 Å². The highest BCUT2D eigenvalue weighted by molar-refractivity contribution is 5.85. The molecule has 1 fully saturated rings. The van der Waals surface area contributed by atoms with Crippen LogP contribution >= 0.6 is 0 Å². The molecule has 1 aliphatic heterocycles. The van der Waals surface area contributed by atoms with E-state index in [1.165, 1.54) is 6.08 Å². The first-order chi connectivity index (χ1) is 10.2. The summed E-state index contributed by atoms with van der Waals surface area (Å²) in [7, 11) is 1.56. The molecule has 0 amide bonds. The average Bonchev–Trinajstić information content (AvgIpc) is 2.99. The van der Waals surface area contributed by atoms with E-state index < -0.39 is 5.97 Å². The number of methoxy groups -OCH3 is 1. The second-order valence-corrected chi connectivity index (χ2v) is 4.85. The van der Waals surface area contributed by atoms with Crippen LogP contribution < -0.4 is 9.47 Å². The average molecular weight is 292 g/mol. The molecule has 0 saturated carbocycles. The summed E-state index contributed by atoms with van der Waals surface area (Å²) < 4.78 is 16.5. The Labute approximate surface area is 124 Å². The maximum atomic E-state index is 10.5. The molecular formula is C16H20O5. The van der Waals surface area contributed by atoms with Crippen LogP contribution in [0.2, 0.25) is 0 Å². The summed E-state index contributed by atoms with van der Waals surface area (Å²) in [4.78, 5) is 10.5. The van der Waals surface area contributed by atoms with Gasteiger partial charge in [-0.2, -0.15) is 0 Å². The van der Waals surface area contributed by atoms with Crippen molar-refractivity contribution >= 4 is 12.0 Å². The molecule has 0 bridgehead atoms. The van der Waals surface area contributed by atoms with E-state index in [1.807, 2.05) is 0 Å². The molecule has 0 radical (unpaired) electrons. The van der Waals surface area contributed by atoms with Gasteiger partial charge in [-0.25, -0.2) is 4.79 Å². The predicted molar refractivity (Wildman–Crippen MR) is 78.7 cm³/mol. The van der Waals surface area contributed by atoms with Crippen LogP contribution in [0, 0.1) is 0 Å². The highest BCUT2D eigenvalue weighted by Gasteiger charge is 2.15. The second kappa shape index (κ2) is 7.69. The highest BCUT2D eigenvalue weighted by Crippen LogP contribution is 2.29. The zero-order chi connectivity index (χ0) is 15.1. The lowest BCUT2D eigenvalue weighted by Crippen LogP contribution is -2.11. The van der Waals surface area contributed by atoms with E-state index in [2.05, 4.69) is 0 Å². The van der Waals surface area contributed by atoms with E-state index in [0.717, 1.165) is 37.5 Å². The zero-order valence-corrected chi connectivity index (χ0v) is 12.1. The third-order valence-corrected chi connectivity index (χ3v) is 3.33. The minimum absolute atomic E-state index is 0.300. The summed E-state index contributed by atoms with van der Waals surface area (Å²) in [6, 6.07) is 5.33. The van der Waals surface area contributed by atoms with Gasteiger partial charge < -0.3 is 19.3 Å². The Bertz CT molecular complexity index is 503. The van der Waals surface area contributed by atoms with Crippen molar-refractivity contribution < 1.29 is 24.1 Å². The number of hydrogen-bond acceptors (Lipinski definition) is 4. The molecule has 1 aromatic rings. The van der Waals surface area contributed by atoms with Gasteiger partial charge in [-0.15, -0.1) is 0 Å². The highest BCUT2D eigenvalue weighted by atomic mass is 16.5. The van der Waals surface area contributed by atoms with Crippen LogP contribution in [0.5, 0.6) is 11.5 Å². The van der Waals surface area contributed by atoms with Gasteiger partial charge in [-0.1, -0.05) is 6.07 Å². The molecule has 2 rings (SSSR count). The number of ether oxygens (including phenoxy) is 3. The molecule has 5 heteroatoms. The maximum absolute atomic E-state index is 10.5. The Morgan fingerprint density at radius 2 is 2.33 bits per heavy atom. The Morgan fingerprint density at radius 3 is 3.00 bits per heavy atom. The van der Waals surface area contributed by atoms with Crippen molar-refractivity contribution in [3.05, 3.63) is 29.8 Å². The quantitative estimate of drug-likeness (QED) is 0.783. The molecular weight excluding hydrogens is 272 g/mol. The standard InChI is InChI=1S/C16H20O5/c1-19-15-11-12(5-7-16(17)18)4-6-14(15)21-10-8-13-3-2-9-20-13/h4-7,11,13H,2-3,8-10H2,1H3,(H,17,18). The third-order valence-electron chi connectivity index (χ3n) is 3.33. The van der Waals surface area contributed by atoms with Gasteiger partial charge in [0.15, 0.2) is 11.5 Å². The molecule has 1 unspecified atom stereocenters. The molecule has 1 atom stereocenters. The van der Waals surface area contributed by atoms with E-state index >= 15 is 0 Å². The van der Waals surface area contributed by atoms with E-state index in [-0.39, 0.29) is 0 Å². The lowest BCUT2D eigenvalue weighted by molar-refractivity contribution is -0.131.